The number of halogens is 2. The minimum absolute atomic E-state index is 0. The molecule has 0 fully saturated rings. The lowest BCUT2D eigenvalue weighted by molar-refractivity contribution is -0.148. The molecule has 0 radical (unpaired) electrons. The highest BCUT2D eigenvalue weighted by Crippen LogP contribution is 2.52. The number of ketones is 2. The Bertz CT molecular complexity index is 1360. The van der Waals surface area contributed by atoms with E-state index in [0.29, 0.717) is 12.1 Å². The summed E-state index contributed by atoms with van der Waals surface area (Å²) < 4.78 is 0. The highest BCUT2D eigenvalue weighted by molar-refractivity contribution is 6.25. The number of fused-ring (bicyclic) bond motifs is 3. The number of carbonyl (C=O) groups is 4. The van der Waals surface area contributed by atoms with Crippen molar-refractivity contribution in [3.8, 4) is 5.75 Å². The number of hydrogen-bond donors (Lipinski definition) is 7. The fourth-order valence-electron chi connectivity index (χ4n) is 6.40. The van der Waals surface area contributed by atoms with Crippen LogP contribution in [0.3, 0.4) is 0 Å². The van der Waals surface area contributed by atoms with E-state index in [9.17, 15) is 39.6 Å². The van der Waals surface area contributed by atoms with Crippen LogP contribution in [0.4, 0.5) is 5.69 Å². The van der Waals surface area contributed by atoms with Crippen LogP contribution in [0.15, 0.2) is 34.8 Å². The number of phenolic OH excluding ortho intramolecular Hbond substituents is 1. The number of allylic oxidation sites excluding steroid dienone is 1. The number of carbonyl (C=O) groups excluding carboxylic acids is 4. The number of aliphatic hydroxyl groups is 3. The number of aromatic hydroxyl groups is 1. The number of nitrogens with two attached hydrogens (primary N) is 1. The maximum Gasteiger partial charge on any atom is 0.255 e. The quantitative estimate of drug-likeness (QED) is 0.112. The van der Waals surface area contributed by atoms with E-state index in [2.05, 4.69) is 17.6 Å². The number of likely N-dealkylation sites (N-methyl/N-ethyl adjacent to an activating group) is 1. The number of nitrogens with one attached hydrogen (secondary N) is 2. The number of nitrogens with zero attached hydrogens (tertiary/aromatic N) is 1. The molecule has 2 amide bonds. The number of primary amides is 1. The highest BCUT2D eigenvalue weighted by Gasteiger charge is 2.63. The van der Waals surface area contributed by atoms with E-state index < -0.39 is 69.7 Å². The van der Waals surface area contributed by atoms with E-state index >= 15 is 0 Å². The Kier molecular flexibility index (Phi) is 11.8. The van der Waals surface area contributed by atoms with Crippen molar-refractivity contribution in [3.05, 3.63) is 45.9 Å². The summed E-state index contributed by atoms with van der Waals surface area (Å²) in [6.45, 7) is 2.79. The standard InChI is InChI=1S/C29H38N4O8.2ClH/c1-4-5-6-7-10-31-13-18(34)32-17-9-8-14-11-15-12-16-22(33(2)3)25(37)21(28(30)40)27(39)29(16,41)26(38)20(15)24(36)19(14)23(17)35;;/h8-9,15-16,22,31,35,37-38,41H,4-7,10-13H2,1-3H3,(H2,30,40)(H,32,34);2*1H/t15?,16?,22-,29-;;/m0../s1. The number of unbranched alkanes of at least 4 members (excludes halogenated alkanes) is 3. The molecule has 0 saturated heterocycles. The summed E-state index contributed by atoms with van der Waals surface area (Å²) in [7, 11) is 3.15. The largest absolute Gasteiger partial charge is 0.510 e. The molecule has 4 atom stereocenters. The molecule has 3 aliphatic carbocycles. The van der Waals surface area contributed by atoms with Gasteiger partial charge in [0.25, 0.3) is 5.91 Å². The lowest BCUT2D eigenvalue weighted by Gasteiger charge is -2.50. The van der Waals surface area contributed by atoms with Gasteiger partial charge in [0.05, 0.1) is 23.8 Å². The third kappa shape index (κ3) is 6.25. The molecule has 43 heavy (non-hydrogen) atoms. The second kappa shape index (κ2) is 14.1. The van der Waals surface area contributed by atoms with Crippen LogP contribution >= 0.6 is 24.8 Å². The van der Waals surface area contributed by atoms with Crippen molar-refractivity contribution in [2.45, 2.75) is 57.1 Å². The Morgan fingerprint density at radius 3 is 2.37 bits per heavy atom. The molecule has 1 aromatic rings. The van der Waals surface area contributed by atoms with Gasteiger partial charge in [0.1, 0.15) is 17.1 Å². The van der Waals surface area contributed by atoms with Crippen molar-refractivity contribution >= 4 is 53.9 Å². The molecule has 0 aliphatic heterocycles. The summed E-state index contributed by atoms with van der Waals surface area (Å²) in [5, 5.41) is 50.5. The monoisotopic (exact) mass is 642 g/mol. The smallest absolute Gasteiger partial charge is 0.255 e. The number of rotatable bonds is 10. The van der Waals surface area contributed by atoms with Crippen LogP contribution in [0.1, 0.15) is 54.9 Å². The fourth-order valence-corrected chi connectivity index (χ4v) is 6.40. The first-order valence-electron chi connectivity index (χ1n) is 13.9. The molecular formula is C29H40Cl2N4O8. The molecule has 3 aliphatic rings. The molecule has 0 saturated carbocycles. The van der Waals surface area contributed by atoms with Crippen LogP contribution in [0.5, 0.6) is 5.75 Å². The van der Waals surface area contributed by atoms with Crippen LogP contribution in [0.25, 0.3) is 0 Å². The van der Waals surface area contributed by atoms with E-state index in [0.717, 1.165) is 25.7 Å². The average molecular weight is 644 g/mol. The Hall–Kier alpha value is -3.16. The minimum atomic E-state index is -2.70. The van der Waals surface area contributed by atoms with Gasteiger partial charge >= 0.3 is 0 Å². The van der Waals surface area contributed by atoms with E-state index in [1.807, 2.05) is 0 Å². The molecule has 0 aromatic heterocycles. The molecule has 8 N–H and O–H groups in total. The number of anilines is 1. The molecule has 4 rings (SSSR count). The normalized spacial score (nSPS) is 24.4. The molecule has 12 nitrogen and oxygen atoms in total. The second-order valence-electron chi connectivity index (χ2n) is 11.2. The lowest BCUT2D eigenvalue weighted by Crippen LogP contribution is -2.63. The molecule has 238 valence electrons. The Labute approximate surface area is 262 Å². The predicted molar refractivity (Wildman–Crippen MR) is 164 cm³/mol. The molecule has 0 spiro atoms. The third-order valence-corrected chi connectivity index (χ3v) is 8.36. The van der Waals surface area contributed by atoms with Crippen molar-refractivity contribution < 1.29 is 39.6 Å². The number of aliphatic hydroxyl groups excluding tert-OH is 2. The van der Waals surface area contributed by atoms with E-state index in [1.54, 1.807) is 20.2 Å². The van der Waals surface area contributed by atoms with Crippen LogP contribution < -0.4 is 16.4 Å². The van der Waals surface area contributed by atoms with Gasteiger partial charge in [0.2, 0.25) is 11.7 Å². The fraction of sp³-hybridized carbons (Fsp3) is 0.517. The van der Waals surface area contributed by atoms with Crippen molar-refractivity contribution in [1.82, 2.24) is 10.2 Å². The molecule has 0 heterocycles. The Morgan fingerprint density at radius 2 is 1.77 bits per heavy atom. The third-order valence-electron chi connectivity index (χ3n) is 8.36. The van der Waals surface area contributed by atoms with Gasteiger partial charge in [-0.15, -0.1) is 24.8 Å². The van der Waals surface area contributed by atoms with Gasteiger partial charge < -0.3 is 36.8 Å². The first-order chi connectivity index (χ1) is 19.4. The van der Waals surface area contributed by atoms with Gasteiger partial charge in [-0.1, -0.05) is 32.3 Å². The van der Waals surface area contributed by atoms with E-state index in [-0.39, 0.29) is 61.0 Å². The molecule has 0 bridgehead atoms. The highest BCUT2D eigenvalue weighted by atomic mass is 35.5. The van der Waals surface area contributed by atoms with Crippen molar-refractivity contribution in [2.24, 2.45) is 17.6 Å². The van der Waals surface area contributed by atoms with Crippen molar-refractivity contribution in [3.63, 3.8) is 0 Å². The summed E-state index contributed by atoms with van der Waals surface area (Å²) >= 11 is 0. The Balaban J connectivity index is 0.00000323. The zero-order chi connectivity index (χ0) is 30.2. The van der Waals surface area contributed by atoms with Crippen LogP contribution in [-0.4, -0.2) is 87.5 Å². The van der Waals surface area contributed by atoms with Crippen LogP contribution in [-0.2, 0) is 20.8 Å². The first kappa shape index (κ1) is 36.0. The molecule has 14 heteroatoms. The molecule has 1 aromatic carbocycles. The number of benzene rings is 1. The van der Waals surface area contributed by atoms with Gasteiger partial charge in [0.15, 0.2) is 17.1 Å². The van der Waals surface area contributed by atoms with Gasteiger partial charge in [-0.25, -0.2) is 0 Å². The van der Waals surface area contributed by atoms with E-state index in [4.69, 9.17) is 5.73 Å². The Morgan fingerprint density at radius 1 is 1.09 bits per heavy atom. The minimum Gasteiger partial charge on any atom is -0.510 e. The molecule has 2 unspecified atom stereocenters. The maximum absolute atomic E-state index is 13.7. The summed E-state index contributed by atoms with van der Waals surface area (Å²) in [6, 6.07) is 2.05. The summed E-state index contributed by atoms with van der Waals surface area (Å²) in [5.74, 6) is -7.58. The van der Waals surface area contributed by atoms with Crippen LogP contribution in [0, 0.1) is 11.8 Å². The first-order valence-corrected chi connectivity index (χ1v) is 13.9. The number of amides is 2. The zero-order valence-corrected chi connectivity index (χ0v) is 25.9. The van der Waals surface area contributed by atoms with Crippen LogP contribution in [0.2, 0.25) is 0 Å². The average Bonchev–Trinajstić information content (AvgIpc) is 2.89. The summed E-state index contributed by atoms with van der Waals surface area (Å²) in [5.41, 5.74) is 1.86. The summed E-state index contributed by atoms with van der Waals surface area (Å²) in [6.07, 6.45) is 4.40. The van der Waals surface area contributed by atoms with Gasteiger partial charge in [0, 0.05) is 11.5 Å². The summed E-state index contributed by atoms with van der Waals surface area (Å²) in [4.78, 5) is 53.1. The second-order valence-corrected chi connectivity index (χ2v) is 11.2. The van der Waals surface area contributed by atoms with Gasteiger partial charge in [-0.3, -0.25) is 24.1 Å². The zero-order valence-electron chi connectivity index (χ0n) is 24.3. The van der Waals surface area contributed by atoms with Crippen molar-refractivity contribution in [1.29, 1.82) is 0 Å². The van der Waals surface area contributed by atoms with E-state index in [1.165, 1.54) is 11.0 Å². The van der Waals surface area contributed by atoms with Gasteiger partial charge in [-0.05, 0) is 57.5 Å². The number of Topliss-reactive ketones (excluding diaryl/α,β-unsaturated/α-hetero) is 2. The number of phenols is 1. The number of hydrogen-bond acceptors (Lipinski definition) is 10. The molecular weight excluding hydrogens is 603 g/mol. The topological polar surface area (TPSA) is 203 Å². The maximum atomic E-state index is 13.7. The van der Waals surface area contributed by atoms with Gasteiger partial charge in [-0.2, -0.15) is 0 Å². The predicted octanol–water partition coefficient (Wildman–Crippen LogP) is 2.07. The lowest BCUT2D eigenvalue weighted by atomic mass is 9.58. The van der Waals surface area contributed by atoms with Crippen molar-refractivity contribution in [2.75, 3.05) is 32.5 Å². The SMILES string of the molecule is CCCCCCNCC(=O)Nc1ccc2c(c1O)C(=O)C1=C(O)[C@]3(O)C(=O)C(C(N)=O)=C(O)[C@@H](N(C)C)C3CC1C2.Cl.Cl.